The van der Waals surface area contributed by atoms with Crippen LogP contribution >= 0.6 is 7.82 Å². The standard InChI is InChI=1S/C36H75O4P.Na.H/c1-4-7-10-13-16-19-22-25-28-31-34-38-41(37,39-35-32-29-26-23-20-17-14-11-8-5-2)40-36-33-30-27-24-21-18-15-12-9-6-3;;/h4-36H2,1-3H3;;. The Bertz CT molecular complexity index is 463. The molecule has 0 aromatic heterocycles. The number of unbranched alkanes of at least 4 members (excludes halogenated alkanes) is 27. The Kier molecular flexibility index (Phi) is 41.2. The van der Waals surface area contributed by atoms with Crippen molar-refractivity contribution in [1.29, 1.82) is 0 Å². The monoisotopic (exact) mass is 627 g/mol. The Hall–Kier alpha value is 1.11. The van der Waals surface area contributed by atoms with Gasteiger partial charge in [0.1, 0.15) is 0 Å². The van der Waals surface area contributed by atoms with Gasteiger partial charge in [0.25, 0.3) is 0 Å². The molecule has 0 rings (SSSR count). The molecule has 0 spiro atoms. The van der Waals surface area contributed by atoms with E-state index in [4.69, 9.17) is 13.6 Å². The third-order valence-corrected chi connectivity index (χ3v) is 9.74. The van der Waals surface area contributed by atoms with Crippen LogP contribution in [0, 0.1) is 0 Å². The topological polar surface area (TPSA) is 44.8 Å². The van der Waals surface area contributed by atoms with Gasteiger partial charge >= 0.3 is 37.4 Å². The van der Waals surface area contributed by atoms with Crippen molar-refractivity contribution >= 4 is 37.4 Å². The second-order valence-electron chi connectivity index (χ2n) is 12.5. The first kappa shape index (κ1) is 45.2. The first-order chi connectivity index (χ1) is 20.2. The number of phosphoric acid groups is 1. The fourth-order valence-electron chi connectivity index (χ4n) is 5.41. The predicted octanol–water partition coefficient (Wildman–Crippen LogP) is 13.3. The van der Waals surface area contributed by atoms with Gasteiger partial charge in [-0.05, 0) is 19.3 Å². The van der Waals surface area contributed by atoms with E-state index in [-0.39, 0.29) is 29.6 Å². The zero-order valence-electron chi connectivity index (χ0n) is 28.4. The molecule has 6 heteroatoms. The molecule has 0 aliphatic heterocycles. The summed E-state index contributed by atoms with van der Waals surface area (Å²) in [6.45, 7) is 8.24. The molecule has 0 atom stereocenters. The van der Waals surface area contributed by atoms with Gasteiger partial charge < -0.3 is 0 Å². The van der Waals surface area contributed by atoms with Crippen molar-refractivity contribution in [2.24, 2.45) is 0 Å². The summed E-state index contributed by atoms with van der Waals surface area (Å²) >= 11 is 0. The Balaban J connectivity index is 0. The van der Waals surface area contributed by atoms with Crippen LogP contribution in [0.3, 0.4) is 0 Å². The molecule has 0 aliphatic carbocycles. The van der Waals surface area contributed by atoms with Crippen LogP contribution in [0.2, 0.25) is 0 Å². The van der Waals surface area contributed by atoms with Gasteiger partial charge in [0.2, 0.25) is 0 Å². The van der Waals surface area contributed by atoms with E-state index in [0.717, 1.165) is 38.5 Å². The normalized spacial score (nSPS) is 11.7. The summed E-state index contributed by atoms with van der Waals surface area (Å²) in [6, 6.07) is 0. The number of hydrogen-bond acceptors (Lipinski definition) is 4. The number of hydrogen-bond donors (Lipinski definition) is 0. The fourth-order valence-corrected chi connectivity index (χ4v) is 6.69. The van der Waals surface area contributed by atoms with Gasteiger partial charge in [-0.15, -0.1) is 0 Å². The summed E-state index contributed by atoms with van der Waals surface area (Å²) in [4.78, 5) is 0. The van der Waals surface area contributed by atoms with Crippen LogP contribution in [0.1, 0.15) is 213 Å². The van der Waals surface area contributed by atoms with Crippen molar-refractivity contribution in [3.63, 3.8) is 0 Å². The molecule has 0 N–H and O–H groups in total. The van der Waals surface area contributed by atoms with Crippen LogP contribution in [-0.4, -0.2) is 49.4 Å². The SMILES string of the molecule is CCCCCCCCCCCCOP(=O)(OCCCCCCCCCCCC)OCCCCCCCCCCCC.[NaH]. The van der Waals surface area contributed by atoms with E-state index in [0.29, 0.717) is 19.8 Å². The van der Waals surface area contributed by atoms with Crippen LogP contribution in [-0.2, 0) is 18.1 Å². The molecule has 42 heavy (non-hydrogen) atoms. The summed E-state index contributed by atoms with van der Waals surface area (Å²) in [5.74, 6) is 0. The van der Waals surface area contributed by atoms with Gasteiger partial charge in [-0.25, -0.2) is 4.57 Å². The van der Waals surface area contributed by atoms with E-state index in [9.17, 15) is 4.57 Å². The third-order valence-electron chi connectivity index (χ3n) is 8.24. The minimum absolute atomic E-state index is 0. The van der Waals surface area contributed by atoms with Gasteiger partial charge in [-0.3, -0.25) is 13.6 Å². The van der Waals surface area contributed by atoms with Gasteiger partial charge in [0.05, 0.1) is 19.8 Å². The molecule has 0 saturated carbocycles. The molecule has 0 aliphatic rings. The van der Waals surface area contributed by atoms with Gasteiger partial charge in [0.15, 0.2) is 0 Å². The second-order valence-corrected chi connectivity index (χ2v) is 14.2. The zero-order chi connectivity index (χ0) is 30.0. The average molecular weight is 627 g/mol. The summed E-state index contributed by atoms with van der Waals surface area (Å²) in [5.41, 5.74) is 0. The van der Waals surface area contributed by atoms with Crippen LogP contribution in [0.5, 0.6) is 0 Å². The fraction of sp³-hybridized carbons (Fsp3) is 1.00. The van der Waals surface area contributed by atoms with Crippen LogP contribution in [0.15, 0.2) is 0 Å². The van der Waals surface area contributed by atoms with E-state index in [2.05, 4.69) is 20.8 Å². The minimum atomic E-state index is -3.45. The first-order valence-electron chi connectivity index (χ1n) is 18.7. The van der Waals surface area contributed by atoms with Crippen molar-refractivity contribution in [1.82, 2.24) is 0 Å². The molecule has 0 heterocycles. The molecule has 250 valence electrons. The molecule has 0 fully saturated rings. The van der Waals surface area contributed by atoms with Gasteiger partial charge in [0, 0.05) is 0 Å². The van der Waals surface area contributed by atoms with Crippen LogP contribution < -0.4 is 0 Å². The van der Waals surface area contributed by atoms with E-state index >= 15 is 0 Å². The van der Waals surface area contributed by atoms with E-state index < -0.39 is 7.82 Å². The molecule has 0 unspecified atom stereocenters. The molecule has 0 aromatic rings. The Morgan fingerprint density at radius 1 is 0.310 bits per heavy atom. The summed E-state index contributed by atoms with van der Waals surface area (Å²) < 4.78 is 30.7. The predicted molar refractivity (Wildman–Crippen MR) is 188 cm³/mol. The van der Waals surface area contributed by atoms with E-state index in [1.807, 2.05) is 0 Å². The quantitative estimate of drug-likeness (QED) is 0.0394. The van der Waals surface area contributed by atoms with E-state index in [1.165, 1.54) is 154 Å². The van der Waals surface area contributed by atoms with E-state index in [1.54, 1.807) is 0 Å². The summed E-state index contributed by atoms with van der Waals surface area (Å²) in [7, 11) is -3.45. The molecule has 0 amide bonds. The molecular formula is C36H76NaO4P. The van der Waals surface area contributed by atoms with Crippen molar-refractivity contribution in [3.05, 3.63) is 0 Å². The Morgan fingerprint density at radius 3 is 0.667 bits per heavy atom. The number of rotatable bonds is 36. The maximum atomic E-state index is 13.3. The van der Waals surface area contributed by atoms with Crippen molar-refractivity contribution in [2.75, 3.05) is 19.8 Å². The number of phosphoric ester groups is 1. The molecule has 0 bridgehead atoms. The van der Waals surface area contributed by atoms with Gasteiger partial charge in [-0.2, -0.15) is 0 Å². The molecule has 0 radical (unpaired) electrons. The molecule has 0 saturated heterocycles. The summed E-state index contributed by atoms with van der Waals surface area (Å²) in [6.07, 6.45) is 38.3. The second kappa shape index (κ2) is 38.3. The third kappa shape index (κ3) is 35.6. The van der Waals surface area contributed by atoms with Crippen molar-refractivity contribution < 1.29 is 18.1 Å². The maximum absolute atomic E-state index is 13.3. The Labute approximate surface area is 287 Å². The first-order valence-corrected chi connectivity index (χ1v) is 20.2. The summed E-state index contributed by atoms with van der Waals surface area (Å²) in [5, 5.41) is 0. The van der Waals surface area contributed by atoms with Crippen LogP contribution in [0.4, 0.5) is 0 Å². The van der Waals surface area contributed by atoms with Crippen molar-refractivity contribution in [3.8, 4) is 0 Å². The molecule has 0 aromatic carbocycles. The molecule has 4 nitrogen and oxygen atoms in total. The van der Waals surface area contributed by atoms with Gasteiger partial charge in [-0.1, -0.05) is 194 Å². The Morgan fingerprint density at radius 2 is 0.476 bits per heavy atom. The van der Waals surface area contributed by atoms with Crippen LogP contribution in [0.25, 0.3) is 0 Å². The zero-order valence-corrected chi connectivity index (χ0v) is 29.3. The average Bonchev–Trinajstić information content (AvgIpc) is 2.97. The molecular weight excluding hydrogens is 550 g/mol. The van der Waals surface area contributed by atoms with Crippen molar-refractivity contribution in [2.45, 2.75) is 213 Å².